The highest BCUT2D eigenvalue weighted by Crippen LogP contribution is 2.58. The minimum atomic E-state index is -0.330. The van der Waals surface area contributed by atoms with Gasteiger partial charge in [0.05, 0.1) is 5.41 Å². The number of phenols is 1. The van der Waals surface area contributed by atoms with Gasteiger partial charge in [-0.15, -0.1) is 0 Å². The molecule has 2 aliphatic carbocycles. The molecule has 2 aromatic rings. The van der Waals surface area contributed by atoms with Crippen LogP contribution < -0.4 is 0 Å². The Morgan fingerprint density at radius 2 is 1.88 bits per heavy atom. The molecule has 1 N–H and O–H groups in total. The number of benzene rings is 2. The van der Waals surface area contributed by atoms with E-state index >= 15 is 0 Å². The summed E-state index contributed by atoms with van der Waals surface area (Å²) in [5, 5.41) is 10.2. The Kier molecular flexibility index (Phi) is 5.34. The first-order valence-electron chi connectivity index (χ1n) is 12.5. The van der Waals surface area contributed by atoms with Crippen LogP contribution in [0.4, 0.5) is 0 Å². The smallest absolute Gasteiger partial charge is 0.228 e. The third-order valence-electron chi connectivity index (χ3n) is 9.17. The molecular formula is C29H37NO2. The van der Waals surface area contributed by atoms with E-state index in [4.69, 9.17) is 0 Å². The van der Waals surface area contributed by atoms with Crippen LogP contribution in [0.2, 0.25) is 0 Å². The van der Waals surface area contributed by atoms with Crippen molar-refractivity contribution in [1.29, 1.82) is 0 Å². The number of aryl methyl sites for hydroxylation is 2. The first kappa shape index (κ1) is 21.6. The van der Waals surface area contributed by atoms with Gasteiger partial charge >= 0.3 is 0 Å². The van der Waals surface area contributed by atoms with Crippen LogP contribution in [0.25, 0.3) is 0 Å². The molecule has 32 heavy (non-hydrogen) atoms. The summed E-state index contributed by atoms with van der Waals surface area (Å²) >= 11 is 0. The van der Waals surface area contributed by atoms with Crippen molar-refractivity contribution < 1.29 is 9.90 Å². The number of fused-ring (bicyclic) bond motifs is 3. The molecule has 2 aromatic carbocycles. The van der Waals surface area contributed by atoms with Crippen LogP contribution >= 0.6 is 0 Å². The van der Waals surface area contributed by atoms with Gasteiger partial charge in [-0.2, -0.15) is 0 Å². The topological polar surface area (TPSA) is 40.5 Å². The summed E-state index contributed by atoms with van der Waals surface area (Å²) in [4.78, 5) is 16.4. The molecule has 0 spiro atoms. The number of phenolic OH excluding ortho intramolecular Hbond substituents is 1. The average molecular weight is 432 g/mol. The Balaban J connectivity index is 1.44. The molecule has 2 fully saturated rings. The summed E-state index contributed by atoms with van der Waals surface area (Å²) in [5.41, 5.74) is 5.02. The molecule has 4 atom stereocenters. The number of likely N-dealkylation sites (tertiary alicyclic amines) is 1. The normalized spacial score (nSPS) is 32.2. The molecule has 1 heterocycles. The second kappa shape index (κ2) is 7.93. The third-order valence-corrected chi connectivity index (χ3v) is 9.17. The van der Waals surface area contributed by atoms with Gasteiger partial charge in [-0.3, -0.25) is 4.79 Å². The van der Waals surface area contributed by atoms with Crippen molar-refractivity contribution >= 4 is 5.91 Å². The number of hydrogen-bond donors (Lipinski definition) is 1. The monoisotopic (exact) mass is 431 g/mol. The largest absolute Gasteiger partial charge is 0.508 e. The van der Waals surface area contributed by atoms with Crippen LogP contribution in [0.1, 0.15) is 80.5 Å². The lowest BCUT2D eigenvalue weighted by atomic mass is 9.49. The van der Waals surface area contributed by atoms with Gasteiger partial charge in [0, 0.05) is 19.0 Å². The molecule has 3 nitrogen and oxygen atoms in total. The molecule has 1 saturated heterocycles. The number of carbonyl (C=O) groups excluding carboxylic acids is 1. The van der Waals surface area contributed by atoms with Crippen LogP contribution in [-0.2, 0) is 16.6 Å². The van der Waals surface area contributed by atoms with E-state index < -0.39 is 0 Å². The zero-order chi connectivity index (χ0) is 22.5. The van der Waals surface area contributed by atoms with Gasteiger partial charge in [-0.05, 0) is 91.2 Å². The van der Waals surface area contributed by atoms with Crippen LogP contribution in [0.3, 0.4) is 0 Å². The van der Waals surface area contributed by atoms with E-state index in [1.807, 2.05) is 12.1 Å². The quantitative estimate of drug-likeness (QED) is 0.622. The Bertz CT molecular complexity index is 1030. The van der Waals surface area contributed by atoms with E-state index in [2.05, 4.69) is 56.0 Å². The van der Waals surface area contributed by atoms with Gasteiger partial charge in [0.2, 0.25) is 5.91 Å². The predicted octanol–water partition coefficient (Wildman–Crippen LogP) is 6.12. The number of hydrogen-bond acceptors (Lipinski definition) is 2. The summed E-state index contributed by atoms with van der Waals surface area (Å²) < 4.78 is 0. The fraction of sp³-hybridized carbons (Fsp3) is 0.552. The van der Waals surface area contributed by atoms with E-state index in [0.29, 0.717) is 23.5 Å². The maximum absolute atomic E-state index is 14.2. The Labute approximate surface area is 192 Å². The lowest BCUT2D eigenvalue weighted by Crippen LogP contribution is -2.57. The van der Waals surface area contributed by atoms with E-state index in [0.717, 1.165) is 51.6 Å². The summed E-state index contributed by atoms with van der Waals surface area (Å²) in [6.45, 7) is 8.53. The number of nitrogens with zero attached hydrogens (tertiary/aromatic N) is 1. The maximum Gasteiger partial charge on any atom is 0.228 e. The van der Waals surface area contributed by atoms with Crippen molar-refractivity contribution in [2.45, 2.75) is 77.0 Å². The Hall–Kier alpha value is -2.29. The maximum atomic E-state index is 14.2. The van der Waals surface area contributed by atoms with Gasteiger partial charge in [-0.25, -0.2) is 0 Å². The molecule has 1 saturated carbocycles. The lowest BCUT2D eigenvalue weighted by Gasteiger charge is -2.55. The first-order valence-corrected chi connectivity index (χ1v) is 12.5. The fourth-order valence-corrected chi connectivity index (χ4v) is 7.53. The minimum absolute atomic E-state index is 0.0415. The molecule has 3 aliphatic rings. The molecule has 170 valence electrons. The van der Waals surface area contributed by atoms with E-state index in [-0.39, 0.29) is 10.8 Å². The van der Waals surface area contributed by atoms with Crippen molar-refractivity contribution in [3.05, 3.63) is 64.7 Å². The van der Waals surface area contributed by atoms with Gasteiger partial charge in [-0.1, -0.05) is 50.6 Å². The second-order valence-electron chi connectivity index (χ2n) is 11.1. The summed E-state index contributed by atoms with van der Waals surface area (Å²) in [5.74, 6) is 1.48. The number of amides is 1. The molecule has 1 unspecified atom stereocenters. The standard InChI is InChI=1S/C29H37NO2/c1-20-8-4-5-10-24(20)22-9-6-17-30(19-22)27(32)29(3)16-7-15-28(2)25-18-23(31)13-11-21(25)12-14-26(28)29/h4-5,8,10-11,13,18,22,26,31H,6-7,9,12,14-17,19H2,1-3H3/t22?,26-,28-,29-/m1/s1. The number of rotatable bonds is 2. The lowest BCUT2D eigenvalue weighted by molar-refractivity contribution is -0.151. The number of piperidine rings is 1. The number of carbonyl (C=O) groups is 1. The summed E-state index contributed by atoms with van der Waals surface area (Å²) in [6.07, 6.45) is 7.46. The Morgan fingerprint density at radius 3 is 2.69 bits per heavy atom. The third kappa shape index (κ3) is 3.36. The number of aromatic hydroxyl groups is 1. The highest BCUT2D eigenvalue weighted by Gasteiger charge is 2.56. The molecule has 3 heteroatoms. The van der Waals surface area contributed by atoms with Gasteiger partial charge in [0.25, 0.3) is 0 Å². The highest BCUT2D eigenvalue weighted by atomic mass is 16.3. The van der Waals surface area contributed by atoms with Crippen LogP contribution in [0.15, 0.2) is 42.5 Å². The fourth-order valence-electron chi connectivity index (χ4n) is 7.53. The van der Waals surface area contributed by atoms with Crippen LogP contribution in [0.5, 0.6) is 5.75 Å². The minimum Gasteiger partial charge on any atom is -0.508 e. The highest BCUT2D eigenvalue weighted by molar-refractivity contribution is 5.83. The molecule has 5 rings (SSSR count). The average Bonchev–Trinajstić information content (AvgIpc) is 2.79. The van der Waals surface area contributed by atoms with Crippen molar-refractivity contribution in [3.63, 3.8) is 0 Å². The predicted molar refractivity (Wildman–Crippen MR) is 129 cm³/mol. The first-order chi connectivity index (χ1) is 15.3. The van der Waals surface area contributed by atoms with Crippen molar-refractivity contribution in [2.75, 3.05) is 13.1 Å². The zero-order valence-corrected chi connectivity index (χ0v) is 19.9. The molecule has 1 amide bonds. The SMILES string of the molecule is Cc1ccccc1C1CCCN(C(=O)[C@]2(C)CCC[C@]3(C)c4cc(O)ccc4CC[C@@H]23)C1. The molecule has 0 aromatic heterocycles. The summed E-state index contributed by atoms with van der Waals surface area (Å²) in [6, 6.07) is 14.6. The van der Waals surface area contributed by atoms with Crippen LogP contribution in [-0.4, -0.2) is 29.0 Å². The van der Waals surface area contributed by atoms with Crippen molar-refractivity contribution in [3.8, 4) is 5.75 Å². The van der Waals surface area contributed by atoms with Gasteiger partial charge in [0.15, 0.2) is 0 Å². The Morgan fingerprint density at radius 1 is 1.06 bits per heavy atom. The molecule has 0 bridgehead atoms. The zero-order valence-electron chi connectivity index (χ0n) is 19.9. The summed E-state index contributed by atoms with van der Waals surface area (Å²) in [7, 11) is 0. The van der Waals surface area contributed by atoms with Gasteiger partial charge < -0.3 is 10.0 Å². The molecule has 0 radical (unpaired) electrons. The van der Waals surface area contributed by atoms with E-state index in [1.165, 1.54) is 28.7 Å². The van der Waals surface area contributed by atoms with Crippen LogP contribution in [0, 0.1) is 18.3 Å². The van der Waals surface area contributed by atoms with Crippen molar-refractivity contribution in [1.82, 2.24) is 4.90 Å². The van der Waals surface area contributed by atoms with E-state index in [9.17, 15) is 9.90 Å². The van der Waals surface area contributed by atoms with Gasteiger partial charge in [0.1, 0.15) is 5.75 Å². The van der Waals surface area contributed by atoms with E-state index in [1.54, 1.807) is 0 Å². The molecule has 1 aliphatic heterocycles. The molecular weight excluding hydrogens is 394 g/mol. The second-order valence-corrected chi connectivity index (χ2v) is 11.1. The van der Waals surface area contributed by atoms with Crippen molar-refractivity contribution in [2.24, 2.45) is 11.3 Å².